The average molecular weight is 391 g/mol. The van der Waals surface area contributed by atoms with Gasteiger partial charge in [-0.3, -0.25) is 14.5 Å². The zero-order valence-corrected chi connectivity index (χ0v) is 16.7. The Kier molecular flexibility index (Phi) is 6.12. The van der Waals surface area contributed by atoms with Crippen LogP contribution in [-0.4, -0.2) is 36.2 Å². The Bertz CT molecular complexity index is 810. The number of carbonyl (C=O) groups is 2. The molecule has 1 aliphatic carbocycles. The van der Waals surface area contributed by atoms with Crippen LogP contribution in [-0.2, 0) is 17.6 Å². The average Bonchev–Trinajstić information content (AvgIpc) is 3.20. The van der Waals surface area contributed by atoms with E-state index in [0.717, 1.165) is 37.9 Å². The molecule has 26 heavy (non-hydrogen) atoms. The van der Waals surface area contributed by atoms with Crippen molar-refractivity contribution in [2.75, 3.05) is 25.0 Å². The maximum atomic E-state index is 13.1. The van der Waals surface area contributed by atoms with Gasteiger partial charge in [0, 0.05) is 15.5 Å². The molecule has 3 rings (SSSR count). The van der Waals surface area contributed by atoms with E-state index in [0.29, 0.717) is 27.7 Å². The number of nitrogens with zero attached hydrogens (tertiary/aromatic N) is 1. The molecule has 0 aliphatic heterocycles. The summed E-state index contributed by atoms with van der Waals surface area (Å²) < 4.78 is 0. The first-order chi connectivity index (χ1) is 12.5. The van der Waals surface area contributed by atoms with Gasteiger partial charge in [-0.1, -0.05) is 25.4 Å². The smallest absolute Gasteiger partial charge is 0.239 e. The number of halogens is 1. The van der Waals surface area contributed by atoms with E-state index in [4.69, 9.17) is 11.6 Å². The largest absolute Gasteiger partial charge is 0.316 e. The third-order valence-corrected chi connectivity index (χ3v) is 6.23. The quantitative estimate of drug-likeness (QED) is 0.713. The van der Waals surface area contributed by atoms with Gasteiger partial charge in [0.25, 0.3) is 0 Å². The monoisotopic (exact) mass is 390 g/mol. The van der Waals surface area contributed by atoms with Crippen LogP contribution in [0, 0.1) is 0 Å². The van der Waals surface area contributed by atoms with Crippen molar-refractivity contribution in [2.45, 2.75) is 33.1 Å². The Labute approximate surface area is 163 Å². The molecule has 0 bridgehead atoms. The number of thiophene rings is 1. The maximum absolute atomic E-state index is 13.1. The molecule has 2 aromatic rings. The van der Waals surface area contributed by atoms with Gasteiger partial charge in [0.05, 0.1) is 12.1 Å². The topological polar surface area (TPSA) is 49.4 Å². The highest BCUT2D eigenvalue weighted by Crippen LogP contribution is 2.40. The van der Waals surface area contributed by atoms with Crippen molar-refractivity contribution in [1.29, 1.82) is 0 Å². The van der Waals surface area contributed by atoms with Gasteiger partial charge < -0.3 is 5.32 Å². The number of hydrogen-bond acceptors (Lipinski definition) is 4. The van der Waals surface area contributed by atoms with E-state index in [1.165, 1.54) is 4.88 Å². The SMILES string of the molecule is CCN(CC)CC(=O)Nc1sc2c(c1C(=O)c1ccc(Cl)cc1)CCC2. The third kappa shape index (κ3) is 4.00. The molecule has 1 amide bonds. The zero-order valence-electron chi connectivity index (χ0n) is 15.1. The van der Waals surface area contributed by atoms with Gasteiger partial charge in [-0.25, -0.2) is 0 Å². The van der Waals surface area contributed by atoms with E-state index >= 15 is 0 Å². The van der Waals surface area contributed by atoms with Crippen molar-refractivity contribution in [3.63, 3.8) is 0 Å². The van der Waals surface area contributed by atoms with Gasteiger partial charge in [0.15, 0.2) is 5.78 Å². The van der Waals surface area contributed by atoms with Gasteiger partial charge in [-0.15, -0.1) is 11.3 Å². The molecule has 1 aliphatic rings. The van der Waals surface area contributed by atoms with Crippen molar-refractivity contribution in [2.24, 2.45) is 0 Å². The number of hydrogen-bond donors (Lipinski definition) is 1. The lowest BCUT2D eigenvalue weighted by Gasteiger charge is -2.17. The Morgan fingerprint density at radius 1 is 1.15 bits per heavy atom. The van der Waals surface area contributed by atoms with Crippen LogP contribution in [0.5, 0.6) is 0 Å². The summed E-state index contributed by atoms with van der Waals surface area (Å²) in [5.74, 6) is -0.113. The Morgan fingerprint density at radius 2 is 1.85 bits per heavy atom. The van der Waals surface area contributed by atoms with Crippen LogP contribution >= 0.6 is 22.9 Å². The highest BCUT2D eigenvalue weighted by Gasteiger charge is 2.28. The van der Waals surface area contributed by atoms with Crippen LogP contribution in [0.2, 0.25) is 5.02 Å². The number of fused-ring (bicyclic) bond motifs is 1. The molecule has 6 heteroatoms. The van der Waals surface area contributed by atoms with Gasteiger partial charge in [-0.2, -0.15) is 0 Å². The molecular formula is C20H23ClN2O2S. The minimum absolute atomic E-state index is 0.0424. The number of nitrogens with one attached hydrogen (secondary N) is 1. The minimum Gasteiger partial charge on any atom is -0.316 e. The fourth-order valence-corrected chi connectivity index (χ4v) is 4.72. The second-order valence-corrected chi connectivity index (χ2v) is 7.95. The maximum Gasteiger partial charge on any atom is 0.239 e. The molecule has 0 radical (unpaired) electrons. The normalized spacial score (nSPS) is 13.1. The number of aryl methyl sites for hydroxylation is 1. The summed E-state index contributed by atoms with van der Waals surface area (Å²) in [7, 11) is 0. The van der Waals surface area contributed by atoms with Crippen LogP contribution in [0.4, 0.5) is 5.00 Å². The number of rotatable bonds is 7. The van der Waals surface area contributed by atoms with E-state index in [9.17, 15) is 9.59 Å². The summed E-state index contributed by atoms with van der Waals surface area (Å²) in [5, 5.41) is 4.28. The molecule has 1 aromatic heterocycles. The molecule has 0 unspecified atom stereocenters. The molecule has 4 nitrogen and oxygen atoms in total. The number of anilines is 1. The molecule has 138 valence electrons. The van der Waals surface area contributed by atoms with Crippen LogP contribution in [0.3, 0.4) is 0 Å². The first-order valence-electron chi connectivity index (χ1n) is 9.00. The summed E-state index contributed by atoms with van der Waals surface area (Å²) in [6, 6.07) is 6.93. The van der Waals surface area contributed by atoms with Gasteiger partial charge in [-0.05, 0) is 62.2 Å². The van der Waals surface area contributed by atoms with Crippen LogP contribution < -0.4 is 5.32 Å². The molecule has 0 saturated carbocycles. The number of benzene rings is 1. The lowest BCUT2D eigenvalue weighted by atomic mass is 10.0. The number of amides is 1. The van der Waals surface area contributed by atoms with E-state index in [1.807, 2.05) is 13.8 Å². The lowest BCUT2D eigenvalue weighted by Crippen LogP contribution is -2.33. The highest BCUT2D eigenvalue weighted by molar-refractivity contribution is 7.17. The molecule has 0 fully saturated rings. The van der Waals surface area contributed by atoms with Gasteiger partial charge >= 0.3 is 0 Å². The van der Waals surface area contributed by atoms with Crippen molar-refractivity contribution < 1.29 is 9.59 Å². The number of ketones is 1. The molecule has 0 atom stereocenters. The summed E-state index contributed by atoms with van der Waals surface area (Å²) in [6.45, 7) is 6.05. The zero-order chi connectivity index (χ0) is 18.7. The van der Waals surface area contributed by atoms with Crippen LogP contribution in [0.1, 0.15) is 46.6 Å². The first-order valence-corrected chi connectivity index (χ1v) is 10.2. The highest BCUT2D eigenvalue weighted by atomic mass is 35.5. The Hall–Kier alpha value is -1.69. The van der Waals surface area contributed by atoms with E-state index in [-0.39, 0.29) is 11.7 Å². The fraction of sp³-hybridized carbons (Fsp3) is 0.400. The fourth-order valence-electron chi connectivity index (χ4n) is 3.29. The minimum atomic E-state index is -0.0706. The van der Waals surface area contributed by atoms with Gasteiger partial charge in [0.2, 0.25) is 5.91 Å². The summed E-state index contributed by atoms with van der Waals surface area (Å²) in [6.07, 6.45) is 2.94. The second-order valence-electron chi connectivity index (χ2n) is 6.41. The molecule has 1 N–H and O–H groups in total. The first kappa shape index (κ1) is 19.1. The Morgan fingerprint density at radius 3 is 2.50 bits per heavy atom. The standard InChI is InChI=1S/C20H23ClN2O2S/c1-3-23(4-2)12-17(24)22-20-18(15-6-5-7-16(15)26-20)19(25)13-8-10-14(21)11-9-13/h8-11H,3-7,12H2,1-2H3,(H,22,24). The van der Waals surface area contributed by atoms with Crippen molar-refractivity contribution in [3.8, 4) is 0 Å². The number of carbonyl (C=O) groups excluding carboxylic acids is 2. The molecular weight excluding hydrogens is 368 g/mol. The summed E-state index contributed by atoms with van der Waals surface area (Å²) in [4.78, 5) is 28.8. The van der Waals surface area contributed by atoms with Crippen molar-refractivity contribution in [3.05, 3.63) is 50.9 Å². The third-order valence-electron chi connectivity index (χ3n) is 4.77. The molecule has 1 heterocycles. The molecule has 0 saturated heterocycles. The number of likely N-dealkylation sites (N-methyl/N-ethyl adjacent to an activating group) is 1. The second kappa shape index (κ2) is 8.33. The van der Waals surface area contributed by atoms with Crippen LogP contribution in [0.15, 0.2) is 24.3 Å². The van der Waals surface area contributed by atoms with E-state index in [2.05, 4.69) is 10.2 Å². The molecule has 0 spiro atoms. The predicted molar refractivity (Wildman–Crippen MR) is 108 cm³/mol. The van der Waals surface area contributed by atoms with Gasteiger partial charge in [0.1, 0.15) is 5.00 Å². The predicted octanol–water partition coefficient (Wildman–Crippen LogP) is 4.40. The van der Waals surface area contributed by atoms with Crippen LogP contribution in [0.25, 0.3) is 0 Å². The Balaban J connectivity index is 1.88. The summed E-state index contributed by atoms with van der Waals surface area (Å²) >= 11 is 7.49. The van der Waals surface area contributed by atoms with Crippen molar-refractivity contribution >= 4 is 39.6 Å². The lowest BCUT2D eigenvalue weighted by molar-refractivity contribution is -0.117. The molecule has 1 aromatic carbocycles. The van der Waals surface area contributed by atoms with E-state index < -0.39 is 0 Å². The van der Waals surface area contributed by atoms with E-state index in [1.54, 1.807) is 35.6 Å². The van der Waals surface area contributed by atoms with Crippen molar-refractivity contribution in [1.82, 2.24) is 4.90 Å². The summed E-state index contributed by atoms with van der Waals surface area (Å²) in [5.41, 5.74) is 2.37.